The predicted octanol–water partition coefficient (Wildman–Crippen LogP) is 2.08. The molecule has 1 fully saturated rings. The molecule has 0 aliphatic carbocycles. The summed E-state index contributed by atoms with van der Waals surface area (Å²) < 4.78 is 42.3. The van der Waals surface area contributed by atoms with Crippen molar-refractivity contribution in [1.29, 1.82) is 0 Å². The van der Waals surface area contributed by atoms with Gasteiger partial charge in [0.15, 0.2) is 6.23 Å². The summed E-state index contributed by atoms with van der Waals surface area (Å²) in [6.45, 7) is 4.36. The number of aromatic nitrogens is 2. The van der Waals surface area contributed by atoms with Crippen LogP contribution in [0.2, 0.25) is 0 Å². The van der Waals surface area contributed by atoms with Crippen LogP contribution >= 0.6 is 8.18 Å². The van der Waals surface area contributed by atoms with Crippen molar-refractivity contribution < 1.29 is 32.9 Å². The van der Waals surface area contributed by atoms with Gasteiger partial charge >= 0.3 is 19.8 Å². The zero-order valence-corrected chi connectivity index (χ0v) is 19.9. The minimum absolute atomic E-state index is 0.0756. The summed E-state index contributed by atoms with van der Waals surface area (Å²) in [4.78, 5) is 36.7. The van der Waals surface area contributed by atoms with E-state index in [4.69, 9.17) is 19.1 Å². The highest BCUT2D eigenvalue weighted by Gasteiger charge is 2.39. The van der Waals surface area contributed by atoms with Crippen molar-refractivity contribution in [2.24, 2.45) is 0 Å². The molecule has 186 valence electrons. The lowest BCUT2D eigenvalue weighted by Crippen LogP contribution is -2.35. The van der Waals surface area contributed by atoms with Crippen LogP contribution in [0, 0.1) is 6.92 Å². The number of rotatable bonds is 8. The van der Waals surface area contributed by atoms with Crippen LogP contribution in [0.25, 0.3) is 0 Å². The van der Waals surface area contributed by atoms with Crippen LogP contribution in [0.15, 0.2) is 46.1 Å². The first kappa shape index (κ1) is 27.3. The molecule has 0 bridgehead atoms. The van der Waals surface area contributed by atoms with Crippen LogP contribution in [-0.4, -0.2) is 52.2 Å². The molecule has 1 saturated heterocycles. The molecule has 2 heterocycles. The molecule has 1 aromatic heterocycles. The van der Waals surface area contributed by atoms with E-state index >= 15 is 0 Å². The maximum atomic E-state index is 14.3. The summed E-state index contributed by atoms with van der Waals surface area (Å²) in [6, 6.07) is 8.71. The normalized spacial score (nSPS) is 19.9. The number of nitrogens with one attached hydrogen (secondary N) is 2. The molecule has 1 aliphatic rings. The molecular formula is C21H28FN3O8P+. The number of aryl methyl sites for hydroxylation is 1. The number of hydrogen-bond acceptors (Lipinski definition) is 8. The molecule has 1 aliphatic heterocycles. The zero-order chi connectivity index (χ0) is 25.3. The Morgan fingerprint density at radius 1 is 1.35 bits per heavy atom. The molecule has 0 spiro atoms. The number of carbonyl (C=O) groups is 1. The second-order valence-corrected chi connectivity index (χ2v) is 8.73. The summed E-state index contributed by atoms with van der Waals surface area (Å²) in [5, 5.41) is 11.0. The Morgan fingerprint density at radius 2 is 2.03 bits per heavy atom. The number of H-pyrrole nitrogens is 1. The first-order chi connectivity index (χ1) is 16.1. The number of halogens is 1. The second kappa shape index (κ2) is 13.1. The topological polar surface area (TPSA) is 149 Å². The van der Waals surface area contributed by atoms with Gasteiger partial charge in [-0.15, -0.1) is 4.52 Å². The van der Waals surface area contributed by atoms with Crippen molar-refractivity contribution in [3.63, 3.8) is 0 Å². The monoisotopic (exact) mass is 500 g/mol. The number of aromatic amines is 1. The maximum Gasteiger partial charge on any atom is 0.613 e. The molecule has 3 rings (SSSR count). The Hall–Kier alpha value is -2.92. The Bertz CT molecular complexity index is 1080. The van der Waals surface area contributed by atoms with Crippen molar-refractivity contribution in [3.8, 4) is 5.75 Å². The molecule has 0 radical (unpaired) electrons. The van der Waals surface area contributed by atoms with E-state index in [0.29, 0.717) is 5.75 Å². The Balaban J connectivity index is 0.000000497. The summed E-state index contributed by atoms with van der Waals surface area (Å²) in [5.41, 5.74) is -1.09. The summed E-state index contributed by atoms with van der Waals surface area (Å²) in [6.07, 6.45) is -2.60. The van der Waals surface area contributed by atoms with E-state index in [1.807, 2.05) is 6.07 Å². The quantitative estimate of drug-likeness (QED) is 0.366. The SMILES string of the molecule is Cc1cn(C2OC(CO[P+](=O)NCC(=O)OC(C)C)CC2F)c(=O)[nH]c1=O.Oc1ccccc1. The molecule has 2 aromatic rings. The molecule has 0 saturated carbocycles. The maximum absolute atomic E-state index is 14.3. The van der Waals surface area contributed by atoms with E-state index in [9.17, 15) is 23.3 Å². The molecule has 0 amide bonds. The van der Waals surface area contributed by atoms with Crippen LogP contribution in [0.3, 0.4) is 0 Å². The van der Waals surface area contributed by atoms with Crippen molar-refractivity contribution >= 4 is 14.1 Å². The van der Waals surface area contributed by atoms with E-state index in [0.717, 1.165) is 4.57 Å². The number of alkyl halides is 1. The van der Waals surface area contributed by atoms with Gasteiger partial charge in [0.25, 0.3) is 5.56 Å². The van der Waals surface area contributed by atoms with Gasteiger partial charge in [-0.25, -0.2) is 9.18 Å². The number of phenols is 1. The molecule has 4 unspecified atom stereocenters. The average molecular weight is 500 g/mol. The van der Waals surface area contributed by atoms with Gasteiger partial charge in [-0.05, 0) is 37.5 Å². The molecule has 34 heavy (non-hydrogen) atoms. The number of phenolic OH excluding ortho intramolecular Hbond substituents is 1. The fourth-order valence-electron chi connectivity index (χ4n) is 2.89. The lowest BCUT2D eigenvalue weighted by Gasteiger charge is -2.16. The van der Waals surface area contributed by atoms with Crippen LogP contribution in [-0.2, 0) is 23.4 Å². The van der Waals surface area contributed by atoms with Gasteiger partial charge in [-0.3, -0.25) is 19.1 Å². The van der Waals surface area contributed by atoms with Gasteiger partial charge in [0.1, 0.15) is 25.1 Å². The molecule has 1 aromatic carbocycles. The summed E-state index contributed by atoms with van der Waals surface area (Å²) in [5.74, 6) is -0.256. The number of ether oxygens (including phenoxy) is 2. The van der Waals surface area contributed by atoms with Crippen LogP contribution in [0.5, 0.6) is 5.75 Å². The van der Waals surface area contributed by atoms with Crippen LogP contribution in [0.4, 0.5) is 4.39 Å². The molecule has 11 nitrogen and oxygen atoms in total. The van der Waals surface area contributed by atoms with Crippen LogP contribution < -0.4 is 16.3 Å². The van der Waals surface area contributed by atoms with Gasteiger partial charge in [0, 0.05) is 18.2 Å². The van der Waals surface area contributed by atoms with Gasteiger partial charge < -0.3 is 14.6 Å². The minimum Gasteiger partial charge on any atom is -0.508 e. The van der Waals surface area contributed by atoms with Gasteiger partial charge in [-0.2, -0.15) is 0 Å². The zero-order valence-electron chi connectivity index (χ0n) is 19.0. The molecule has 13 heteroatoms. The Kier molecular flexibility index (Phi) is 10.5. The standard InChI is InChI=1S/C15H21FN3O7P.C6H6O/c1-8(2)25-12(20)5-17-27(23)24-7-10-4-11(16)14(26-10)19-6-9(3)13(21)18-15(19)22;7-6-4-2-1-3-5-6/h6,8,10-11,14H,4-5,7H2,1-3H3,(H-,17,18,21,22,23);1-5,7H/p+1. The largest absolute Gasteiger partial charge is 0.613 e. The van der Waals surface area contributed by atoms with Crippen molar-refractivity contribution in [1.82, 2.24) is 14.6 Å². The first-order valence-electron chi connectivity index (χ1n) is 10.5. The van der Waals surface area contributed by atoms with Crippen molar-refractivity contribution in [2.45, 2.75) is 51.8 Å². The highest BCUT2D eigenvalue weighted by atomic mass is 31.1. The lowest BCUT2D eigenvalue weighted by atomic mass is 10.2. The second-order valence-electron chi connectivity index (χ2n) is 7.64. The van der Waals surface area contributed by atoms with Crippen molar-refractivity contribution in [3.05, 3.63) is 62.9 Å². The van der Waals surface area contributed by atoms with E-state index in [1.54, 1.807) is 38.1 Å². The number of nitrogens with zero attached hydrogens (tertiary/aromatic N) is 1. The fraction of sp³-hybridized carbons (Fsp3) is 0.476. The number of para-hydroxylation sites is 1. The van der Waals surface area contributed by atoms with E-state index in [2.05, 4.69) is 10.1 Å². The van der Waals surface area contributed by atoms with Gasteiger partial charge in [0.05, 0.1) is 12.2 Å². The van der Waals surface area contributed by atoms with Crippen molar-refractivity contribution in [2.75, 3.05) is 13.2 Å². The fourth-order valence-corrected chi connectivity index (χ4v) is 3.54. The Morgan fingerprint density at radius 3 is 2.62 bits per heavy atom. The molecule has 4 atom stereocenters. The third-order valence-electron chi connectivity index (χ3n) is 4.40. The summed E-state index contributed by atoms with van der Waals surface area (Å²) >= 11 is 0. The van der Waals surface area contributed by atoms with Gasteiger partial charge in [0.2, 0.25) is 0 Å². The number of aromatic hydroxyl groups is 1. The van der Waals surface area contributed by atoms with Gasteiger partial charge in [-0.1, -0.05) is 23.3 Å². The smallest absolute Gasteiger partial charge is 0.508 e. The average Bonchev–Trinajstić information content (AvgIpc) is 3.14. The lowest BCUT2D eigenvalue weighted by molar-refractivity contribution is -0.145. The van der Waals surface area contributed by atoms with Crippen LogP contribution in [0.1, 0.15) is 32.1 Å². The summed E-state index contributed by atoms with van der Waals surface area (Å²) in [7, 11) is -2.37. The first-order valence-corrected chi connectivity index (χ1v) is 11.6. The number of carbonyl (C=O) groups excluding carboxylic acids is 1. The predicted molar refractivity (Wildman–Crippen MR) is 120 cm³/mol. The third kappa shape index (κ3) is 8.79. The highest BCUT2D eigenvalue weighted by molar-refractivity contribution is 7.36. The molecular weight excluding hydrogens is 472 g/mol. The minimum atomic E-state index is -2.37. The third-order valence-corrected chi connectivity index (χ3v) is 5.20. The Labute approximate surface area is 195 Å². The number of hydrogen-bond donors (Lipinski definition) is 3. The highest BCUT2D eigenvalue weighted by Crippen LogP contribution is 2.32. The number of benzene rings is 1. The van der Waals surface area contributed by atoms with E-state index in [1.165, 1.54) is 13.1 Å². The van der Waals surface area contributed by atoms with E-state index < -0.39 is 43.9 Å². The van der Waals surface area contributed by atoms with E-state index in [-0.39, 0.29) is 31.2 Å². The molecule has 3 N–H and O–H groups in total. The number of esters is 1.